The normalized spacial score (nSPS) is 17.1. The summed E-state index contributed by atoms with van der Waals surface area (Å²) in [5, 5.41) is 7.91. The Balaban J connectivity index is 1.87. The van der Waals surface area contributed by atoms with Crippen molar-refractivity contribution in [2.75, 3.05) is 6.61 Å². The molecule has 1 unspecified atom stereocenters. The summed E-state index contributed by atoms with van der Waals surface area (Å²) in [6.45, 7) is 0.213. The first-order valence-corrected chi connectivity index (χ1v) is 8.89. The molecule has 10 heteroatoms. The lowest BCUT2D eigenvalue weighted by Crippen LogP contribution is -2.29. The van der Waals surface area contributed by atoms with E-state index in [1.807, 2.05) is 0 Å². The van der Waals surface area contributed by atoms with E-state index in [1.54, 1.807) is 0 Å². The molecule has 0 bridgehead atoms. The molecule has 21 heavy (non-hydrogen) atoms. The maximum absolute atomic E-state index is 11.9. The SMILES string of the molecule is O=C(NC1COc2ccc(S(=O)(=O)Cl)cc21)c1csnn1. The molecule has 110 valence electrons. The number of nitrogens with one attached hydrogen (secondary N) is 1. The van der Waals surface area contributed by atoms with Gasteiger partial charge in [0.05, 0.1) is 10.9 Å². The minimum absolute atomic E-state index is 0.0389. The predicted octanol–water partition coefficient (Wildman–Crippen LogP) is 1.33. The first-order valence-electron chi connectivity index (χ1n) is 5.74. The maximum Gasteiger partial charge on any atom is 0.273 e. The topological polar surface area (TPSA) is 98.2 Å². The van der Waals surface area contributed by atoms with Gasteiger partial charge in [-0.15, -0.1) is 5.10 Å². The zero-order valence-electron chi connectivity index (χ0n) is 10.3. The largest absolute Gasteiger partial charge is 0.491 e. The molecule has 0 saturated carbocycles. The summed E-state index contributed by atoms with van der Waals surface area (Å²) < 4.78 is 31.8. The second-order valence-corrected chi connectivity index (χ2v) is 7.44. The van der Waals surface area contributed by atoms with Gasteiger partial charge >= 0.3 is 0 Å². The van der Waals surface area contributed by atoms with Crippen molar-refractivity contribution < 1.29 is 17.9 Å². The van der Waals surface area contributed by atoms with E-state index >= 15 is 0 Å². The highest BCUT2D eigenvalue weighted by molar-refractivity contribution is 8.13. The molecule has 1 amide bonds. The summed E-state index contributed by atoms with van der Waals surface area (Å²) in [4.78, 5) is 11.9. The van der Waals surface area contributed by atoms with Crippen LogP contribution in [0, 0.1) is 0 Å². The smallest absolute Gasteiger partial charge is 0.273 e. The summed E-state index contributed by atoms with van der Waals surface area (Å²) in [6.07, 6.45) is 0. The lowest BCUT2D eigenvalue weighted by atomic mass is 10.1. The van der Waals surface area contributed by atoms with Crippen molar-refractivity contribution in [1.29, 1.82) is 0 Å². The molecule has 0 fully saturated rings. The molecule has 0 radical (unpaired) electrons. The van der Waals surface area contributed by atoms with E-state index in [-0.39, 0.29) is 17.2 Å². The van der Waals surface area contributed by atoms with E-state index < -0.39 is 21.0 Å². The van der Waals surface area contributed by atoms with Crippen molar-refractivity contribution in [3.63, 3.8) is 0 Å². The van der Waals surface area contributed by atoms with Gasteiger partial charge in [-0.3, -0.25) is 4.79 Å². The zero-order chi connectivity index (χ0) is 15.0. The Hall–Kier alpha value is -1.71. The van der Waals surface area contributed by atoms with Crippen molar-refractivity contribution in [3.05, 3.63) is 34.8 Å². The molecule has 0 saturated heterocycles. The van der Waals surface area contributed by atoms with Crippen LogP contribution in [0.2, 0.25) is 0 Å². The first kappa shape index (κ1) is 14.2. The Labute approximate surface area is 128 Å². The van der Waals surface area contributed by atoms with Gasteiger partial charge in [-0.2, -0.15) is 0 Å². The highest BCUT2D eigenvalue weighted by Crippen LogP contribution is 2.34. The molecule has 1 N–H and O–H groups in total. The van der Waals surface area contributed by atoms with Crippen molar-refractivity contribution in [2.24, 2.45) is 0 Å². The van der Waals surface area contributed by atoms with E-state index in [2.05, 4.69) is 14.9 Å². The summed E-state index contributed by atoms with van der Waals surface area (Å²) in [7, 11) is 1.49. The van der Waals surface area contributed by atoms with Gasteiger partial charge in [0.2, 0.25) is 0 Å². The van der Waals surface area contributed by atoms with Crippen LogP contribution >= 0.6 is 22.2 Å². The standard InChI is InChI=1S/C11H8ClN3O4S2/c12-21(17,18)6-1-2-10-7(3-6)8(4-19-10)13-11(16)9-5-20-15-14-9/h1-3,5,8H,4H2,(H,13,16). The number of rotatable bonds is 3. The van der Waals surface area contributed by atoms with Gasteiger partial charge in [-0.1, -0.05) is 4.49 Å². The fourth-order valence-electron chi connectivity index (χ4n) is 1.96. The first-order chi connectivity index (χ1) is 9.95. The Morgan fingerprint density at radius 2 is 2.29 bits per heavy atom. The fraction of sp³-hybridized carbons (Fsp3) is 0.182. The molecule has 0 spiro atoms. The lowest BCUT2D eigenvalue weighted by molar-refractivity contribution is 0.0925. The second kappa shape index (κ2) is 5.24. The third-order valence-corrected chi connectivity index (χ3v) is 4.80. The van der Waals surface area contributed by atoms with Gasteiger partial charge in [-0.05, 0) is 29.7 Å². The number of amides is 1. The number of hydrogen-bond donors (Lipinski definition) is 1. The van der Waals surface area contributed by atoms with Crippen molar-refractivity contribution in [3.8, 4) is 5.75 Å². The van der Waals surface area contributed by atoms with E-state index in [0.29, 0.717) is 11.3 Å². The zero-order valence-corrected chi connectivity index (χ0v) is 12.7. The van der Waals surface area contributed by atoms with E-state index in [4.69, 9.17) is 15.4 Å². The Morgan fingerprint density at radius 3 is 2.95 bits per heavy atom. The minimum atomic E-state index is -3.84. The molecule has 1 aliphatic heterocycles. The Bertz CT molecular complexity index is 792. The minimum Gasteiger partial charge on any atom is -0.491 e. The average Bonchev–Trinajstić information content (AvgIpc) is 3.07. The predicted molar refractivity (Wildman–Crippen MR) is 75.1 cm³/mol. The van der Waals surface area contributed by atoms with Crippen LogP contribution < -0.4 is 10.1 Å². The van der Waals surface area contributed by atoms with Gasteiger partial charge in [0.1, 0.15) is 12.4 Å². The van der Waals surface area contributed by atoms with Gasteiger partial charge < -0.3 is 10.1 Å². The van der Waals surface area contributed by atoms with Gasteiger partial charge in [0.15, 0.2) is 5.69 Å². The van der Waals surface area contributed by atoms with Gasteiger partial charge in [0.25, 0.3) is 15.0 Å². The van der Waals surface area contributed by atoms with Crippen LogP contribution in [0.5, 0.6) is 5.75 Å². The molecule has 3 rings (SSSR count). The van der Waals surface area contributed by atoms with E-state index in [0.717, 1.165) is 11.5 Å². The molecule has 1 aromatic heterocycles. The van der Waals surface area contributed by atoms with Gasteiger partial charge in [-0.25, -0.2) is 8.42 Å². The molecular weight excluding hydrogens is 338 g/mol. The van der Waals surface area contributed by atoms with Gasteiger partial charge in [0, 0.05) is 21.6 Å². The number of benzene rings is 1. The Kier molecular flexibility index (Phi) is 3.56. The Morgan fingerprint density at radius 1 is 1.48 bits per heavy atom. The number of aromatic nitrogens is 2. The van der Waals surface area contributed by atoms with E-state index in [1.165, 1.54) is 23.6 Å². The summed E-state index contributed by atoms with van der Waals surface area (Å²) in [6, 6.07) is 3.80. The van der Waals surface area contributed by atoms with Crippen LogP contribution in [0.1, 0.15) is 22.1 Å². The molecular formula is C11H8ClN3O4S2. The average molecular weight is 346 g/mol. The highest BCUT2D eigenvalue weighted by atomic mass is 35.7. The molecule has 0 aliphatic carbocycles. The monoisotopic (exact) mass is 345 g/mol. The van der Waals surface area contributed by atoms with Crippen LogP contribution in [0.15, 0.2) is 28.5 Å². The second-order valence-electron chi connectivity index (χ2n) is 4.26. The fourth-order valence-corrected chi connectivity index (χ4v) is 3.18. The molecule has 2 heterocycles. The lowest BCUT2D eigenvalue weighted by Gasteiger charge is -2.10. The molecule has 1 atom stereocenters. The van der Waals surface area contributed by atoms with Crippen molar-refractivity contribution >= 4 is 37.2 Å². The highest BCUT2D eigenvalue weighted by Gasteiger charge is 2.28. The number of carbonyl (C=O) groups excluding carboxylic acids is 1. The molecule has 1 aliphatic rings. The third-order valence-electron chi connectivity index (χ3n) is 2.94. The van der Waals surface area contributed by atoms with Crippen LogP contribution in [0.3, 0.4) is 0 Å². The summed E-state index contributed by atoms with van der Waals surface area (Å²) in [5.74, 6) is 0.116. The van der Waals surface area contributed by atoms with Crippen molar-refractivity contribution in [1.82, 2.24) is 14.9 Å². The molecule has 2 aromatic rings. The van der Waals surface area contributed by atoms with Crippen LogP contribution in [-0.2, 0) is 9.05 Å². The van der Waals surface area contributed by atoms with Crippen LogP contribution in [0.25, 0.3) is 0 Å². The van der Waals surface area contributed by atoms with Crippen LogP contribution in [-0.4, -0.2) is 30.5 Å². The summed E-state index contributed by atoms with van der Waals surface area (Å²) >= 11 is 1.07. The number of fused-ring (bicyclic) bond motifs is 1. The summed E-state index contributed by atoms with van der Waals surface area (Å²) in [5.41, 5.74) is 0.767. The van der Waals surface area contributed by atoms with Crippen molar-refractivity contribution in [2.45, 2.75) is 10.9 Å². The number of hydrogen-bond acceptors (Lipinski definition) is 7. The number of ether oxygens (including phenoxy) is 1. The number of carbonyl (C=O) groups is 1. The number of nitrogens with zero attached hydrogens (tertiary/aromatic N) is 2. The number of halogens is 1. The molecule has 1 aromatic carbocycles. The molecule has 7 nitrogen and oxygen atoms in total. The quantitative estimate of drug-likeness (QED) is 0.843. The maximum atomic E-state index is 11.9. The third kappa shape index (κ3) is 2.85. The van der Waals surface area contributed by atoms with E-state index in [9.17, 15) is 13.2 Å². The van der Waals surface area contributed by atoms with Crippen LogP contribution in [0.4, 0.5) is 0 Å².